The molecule has 0 atom stereocenters. The van der Waals surface area contributed by atoms with Gasteiger partial charge in [-0.2, -0.15) is 10.2 Å². The van der Waals surface area contributed by atoms with Crippen LogP contribution < -0.4 is 0 Å². The van der Waals surface area contributed by atoms with Crippen LogP contribution in [0.15, 0.2) is 10.2 Å². The lowest BCUT2D eigenvalue weighted by molar-refractivity contribution is 0.814. The first kappa shape index (κ1) is 15.3. The van der Waals surface area contributed by atoms with Crippen LogP contribution in [-0.4, -0.2) is 11.4 Å². The molecule has 0 rings (SSSR count). The van der Waals surface area contributed by atoms with Gasteiger partial charge in [-0.3, -0.25) is 0 Å². The molecule has 0 N–H and O–H groups in total. The van der Waals surface area contributed by atoms with E-state index in [0.29, 0.717) is 0 Å². The van der Waals surface area contributed by atoms with Crippen LogP contribution in [-0.2, 0) is 0 Å². The monoisotopic (exact) mass is 224 g/mol. The molecule has 0 aliphatic carbocycles. The molecule has 0 radical (unpaired) electrons. The molecule has 0 saturated carbocycles. The average molecular weight is 224 g/mol. The molecule has 0 aromatic rings. The third-order valence-electron chi connectivity index (χ3n) is 2.79. The first-order chi connectivity index (χ1) is 7.78. The molecule has 0 spiro atoms. The maximum absolute atomic E-state index is 4.41. The largest absolute Gasteiger partial charge is 0.160 e. The molecule has 0 unspecified atom stereocenters. The third kappa shape index (κ3) is 7.61. The standard InChI is InChI=1S/C14H28N2/c1-5-9-11-13(7-3)15-16-14(8-4)12-10-6-2/h5-12H2,1-4H3/b15-13-,16-14-. The van der Waals surface area contributed by atoms with Crippen molar-refractivity contribution in [3.63, 3.8) is 0 Å². The van der Waals surface area contributed by atoms with Gasteiger partial charge in [0.2, 0.25) is 0 Å². The summed E-state index contributed by atoms with van der Waals surface area (Å²) in [6.45, 7) is 8.77. The van der Waals surface area contributed by atoms with Crippen LogP contribution in [0.1, 0.15) is 79.1 Å². The number of rotatable bonds is 9. The van der Waals surface area contributed by atoms with Crippen molar-refractivity contribution in [1.82, 2.24) is 0 Å². The van der Waals surface area contributed by atoms with Crippen molar-refractivity contribution in [2.24, 2.45) is 10.2 Å². The minimum Gasteiger partial charge on any atom is -0.160 e. The topological polar surface area (TPSA) is 24.7 Å². The Morgan fingerprint density at radius 1 is 0.688 bits per heavy atom. The van der Waals surface area contributed by atoms with E-state index in [9.17, 15) is 0 Å². The molecule has 0 heterocycles. The van der Waals surface area contributed by atoms with Gasteiger partial charge in [-0.05, 0) is 38.5 Å². The lowest BCUT2D eigenvalue weighted by Crippen LogP contribution is -1.98. The molecular weight excluding hydrogens is 196 g/mol. The first-order valence-corrected chi connectivity index (χ1v) is 6.89. The van der Waals surface area contributed by atoms with E-state index in [1.165, 1.54) is 37.1 Å². The number of unbranched alkanes of at least 4 members (excludes halogenated alkanes) is 2. The average Bonchev–Trinajstić information content (AvgIpc) is 2.33. The van der Waals surface area contributed by atoms with Gasteiger partial charge in [0.15, 0.2) is 0 Å². The second-order valence-corrected chi connectivity index (χ2v) is 4.25. The van der Waals surface area contributed by atoms with Gasteiger partial charge in [-0.1, -0.05) is 40.5 Å². The Bertz CT molecular complexity index is 193. The van der Waals surface area contributed by atoms with Crippen molar-refractivity contribution in [3.8, 4) is 0 Å². The fraction of sp³-hybridized carbons (Fsp3) is 0.857. The van der Waals surface area contributed by atoms with Gasteiger partial charge < -0.3 is 0 Å². The highest BCUT2D eigenvalue weighted by molar-refractivity contribution is 5.87. The fourth-order valence-electron chi connectivity index (χ4n) is 1.50. The van der Waals surface area contributed by atoms with Crippen LogP contribution in [0.4, 0.5) is 0 Å². The van der Waals surface area contributed by atoms with Gasteiger partial charge >= 0.3 is 0 Å². The van der Waals surface area contributed by atoms with Gasteiger partial charge in [0.05, 0.1) is 0 Å². The first-order valence-electron chi connectivity index (χ1n) is 6.89. The predicted octanol–water partition coefficient (Wildman–Crippen LogP) is 4.98. The minimum atomic E-state index is 1.04. The molecule has 2 heteroatoms. The SMILES string of the molecule is CCCC/C(CC)=N\N=C(\CC)CCCC. The zero-order valence-corrected chi connectivity index (χ0v) is 11.6. The lowest BCUT2D eigenvalue weighted by Gasteiger charge is -2.02. The molecule has 2 nitrogen and oxygen atoms in total. The number of hydrogen-bond acceptors (Lipinski definition) is 2. The normalized spacial score (nSPS) is 13.2. The molecule has 0 saturated heterocycles. The maximum Gasteiger partial charge on any atom is 0.0403 e. The van der Waals surface area contributed by atoms with Crippen molar-refractivity contribution in [3.05, 3.63) is 0 Å². The Kier molecular flexibility index (Phi) is 10.4. The summed E-state index contributed by atoms with van der Waals surface area (Å²) >= 11 is 0. The van der Waals surface area contributed by atoms with Crippen LogP contribution in [0.25, 0.3) is 0 Å². The molecule has 16 heavy (non-hydrogen) atoms. The summed E-state index contributed by atoms with van der Waals surface area (Å²) in [5, 5.41) is 8.82. The van der Waals surface area contributed by atoms with Gasteiger partial charge in [0.25, 0.3) is 0 Å². The summed E-state index contributed by atoms with van der Waals surface area (Å²) in [6.07, 6.45) is 9.24. The highest BCUT2D eigenvalue weighted by atomic mass is 15.2. The summed E-state index contributed by atoms with van der Waals surface area (Å²) in [4.78, 5) is 0. The van der Waals surface area contributed by atoms with Crippen molar-refractivity contribution in [1.29, 1.82) is 0 Å². The second-order valence-electron chi connectivity index (χ2n) is 4.25. The van der Waals surface area contributed by atoms with Gasteiger partial charge in [-0.15, -0.1) is 0 Å². The maximum atomic E-state index is 4.41. The second kappa shape index (κ2) is 10.8. The lowest BCUT2D eigenvalue weighted by atomic mass is 10.1. The molecular formula is C14H28N2. The molecule has 94 valence electrons. The Morgan fingerprint density at radius 2 is 1.06 bits per heavy atom. The highest BCUT2D eigenvalue weighted by Crippen LogP contribution is 2.04. The van der Waals surface area contributed by atoms with Crippen LogP contribution >= 0.6 is 0 Å². The van der Waals surface area contributed by atoms with E-state index >= 15 is 0 Å². The fourth-order valence-corrected chi connectivity index (χ4v) is 1.50. The van der Waals surface area contributed by atoms with E-state index in [1.807, 2.05) is 0 Å². The smallest absolute Gasteiger partial charge is 0.0403 e. The Morgan fingerprint density at radius 3 is 1.31 bits per heavy atom. The summed E-state index contributed by atoms with van der Waals surface area (Å²) in [5.41, 5.74) is 2.51. The summed E-state index contributed by atoms with van der Waals surface area (Å²) < 4.78 is 0. The number of hydrogen-bond donors (Lipinski definition) is 0. The van der Waals surface area contributed by atoms with Crippen molar-refractivity contribution in [2.45, 2.75) is 79.1 Å². The van der Waals surface area contributed by atoms with Gasteiger partial charge in [0, 0.05) is 11.4 Å². The molecule has 0 aromatic carbocycles. The molecule has 0 aliphatic heterocycles. The zero-order valence-electron chi connectivity index (χ0n) is 11.6. The predicted molar refractivity (Wildman–Crippen MR) is 74.5 cm³/mol. The van der Waals surface area contributed by atoms with Crippen LogP contribution in [0.3, 0.4) is 0 Å². The van der Waals surface area contributed by atoms with E-state index in [-0.39, 0.29) is 0 Å². The minimum absolute atomic E-state index is 1.04. The van der Waals surface area contributed by atoms with E-state index < -0.39 is 0 Å². The summed E-state index contributed by atoms with van der Waals surface area (Å²) in [5.74, 6) is 0. The van der Waals surface area contributed by atoms with E-state index in [4.69, 9.17) is 0 Å². The zero-order chi connectivity index (χ0) is 12.2. The number of nitrogens with zero attached hydrogens (tertiary/aromatic N) is 2. The molecule has 0 fully saturated rings. The third-order valence-corrected chi connectivity index (χ3v) is 2.79. The van der Waals surface area contributed by atoms with Crippen LogP contribution in [0.2, 0.25) is 0 Å². The van der Waals surface area contributed by atoms with E-state index in [2.05, 4.69) is 37.9 Å². The Labute approximate surface area is 101 Å². The highest BCUT2D eigenvalue weighted by Gasteiger charge is 1.97. The van der Waals surface area contributed by atoms with Crippen molar-refractivity contribution >= 4 is 11.4 Å². The Hall–Kier alpha value is -0.660. The van der Waals surface area contributed by atoms with Crippen molar-refractivity contribution in [2.75, 3.05) is 0 Å². The molecule has 0 aromatic heterocycles. The van der Waals surface area contributed by atoms with E-state index in [0.717, 1.165) is 25.7 Å². The molecule has 0 amide bonds. The van der Waals surface area contributed by atoms with Crippen LogP contribution in [0, 0.1) is 0 Å². The molecule has 0 bridgehead atoms. The van der Waals surface area contributed by atoms with Crippen LogP contribution in [0.5, 0.6) is 0 Å². The van der Waals surface area contributed by atoms with E-state index in [1.54, 1.807) is 0 Å². The van der Waals surface area contributed by atoms with Crippen molar-refractivity contribution < 1.29 is 0 Å². The summed E-state index contributed by atoms with van der Waals surface area (Å²) in [7, 11) is 0. The summed E-state index contributed by atoms with van der Waals surface area (Å²) in [6, 6.07) is 0. The quantitative estimate of drug-likeness (QED) is 0.389. The van der Waals surface area contributed by atoms with Gasteiger partial charge in [-0.25, -0.2) is 0 Å². The van der Waals surface area contributed by atoms with Gasteiger partial charge in [0.1, 0.15) is 0 Å². The Balaban J connectivity index is 4.25. The molecule has 0 aliphatic rings.